The van der Waals surface area contributed by atoms with Gasteiger partial charge in [0.25, 0.3) is 0 Å². The van der Waals surface area contributed by atoms with Crippen LogP contribution in [0.3, 0.4) is 0 Å². The average Bonchev–Trinajstić information content (AvgIpc) is 2.43. The number of hydrogen-bond acceptors (Lipinski definition) is 3. The van der Waals surface area contributed by atoms with Gasteiger partial charge in [0.05, 0.1) is 17.8 Å². The van der Waals surface area contributed by atoms with Gasteiger partial charge in [-0.25, -0.2) is 4.79 Å². The van der Waals surface area contributed by atoms with Gasteiger partial charge in [0.15, 0.2) is 0 Å². The Morgan fingerprint density at radius 3 is 2.68 bits per heavy atom. The molecule has 0 aliphatic carbocycles. The molecule has 0 heterocycles. The first-order valence-corrected chi connectivity index (χ1v) is 7.15. The van der Waals surface area contributed by atoms with Crippen molar-refractivity contribution < 1.29 is 9.53 Å². The van der Waals surface area contributed by atoms with Crippen LogP contribution in [0.25, 0.3) is 0 Å². The van der Waals surface area contributed by atoms with Gasteiger partial charge in [-0.3, -0.25) is 0 Å². The number of carbonyl (C=O) groups is 1. The van der Waals surface area contributed by atoms with Crippen LogP contribution in [0.15, 0.2) is 24.3 Å². The van der Waals surface area contributed by atoms with Gasteiger partial charge in [0.2, 0.25) is 0 Å². The van der Waals surface area contributed by atoms with Gasteiger partial charge in [-0.15, -0.1) is 0 Å². The van der Waals surface area contributed by atoms with Crippen molar-refractivity contribution in [3.63, 3.8) is 0 Å². The van der Waals surface area contributed by atoms with Gasteiger partial charge in [-0.1, -0.05) is 56.3 Å². The third-order valence-electron chi connectivity index (χ3n) is 3.04. The number of esters is 1. The number of nitrogens with one attached hydrogen (secondary N) is 1. The van der Waals surface area contributed by atoms with Crippen molar-refractivity contribution in [3.05, 3.63) is 29.3 Å². The molecule has 0 amide bonds. The highest BCUT2D eigenvalue weighted by Crippen LogP contribution is 2.22. The van der Waals surface area contributed by atoms with Crippen LogP contribution in [0, 0.1) is 0 Å². The molecule has 0 radical (unpaired) electrons. The van der Waals surface area contributed by atoms with E-state index in [0.29, 0.717) is 5.02 Å². The molecule has 1 aromatic carbocycles. The van der Waals surface area contributed by atoms with Crippen LogP contribution < -0.4 is 5.32 Å². The molecule has 0 aromatic heterocycles. The van der Waals surface area contributed by atoms with Gasteiger partial charge >= 0.3 is 5.97 Å². The average molecular weight is 284 g/mol. The van der Waals surface area contributed by atoms with E-state index in [1.165, 1.54) is 20.0 Å². The van der Waals surface area contributed by atoms with E-state index in [2.05, 4.69) is 12.2 Å². The summed E-state index contributed by atoms with van der Waals surface area (Å²) in [5.74, 6) is -0.239. The SMILES string of the molecule is CCCCCCC(Nc1ccccc1Cl)C(=O)OC. The molecule has 1 atom stereocenters. The number of methoxy groups -OCH3 is 1. The maximum Gasteiger partial charge on any atom is 0.328 e. The van der Waals surface area contributed by atoms with Gasteiger partial charge in [-0.05, 0) is 18.6 Å². The molecule has 1 N–H and O–H groups in total. The summed E-state index contributed by atoms with van der Waals surface area (Å²) in [6.07, 6.45) is 5.28. The number of carbonyl (C=O) groups excluding carboxylic acids is 1. The zero-order valence-electron chi connectivity index (χ0n) is 11.6. The largest absolute Gasteiger partial charge is 0.467 e. The summed E-state index contributed by atoms with van der Waals surface area (Å²) in [5, 5.41) is 3.78. The monoisotopic (exact) mass is 283 g/mol. The molecule has 106 valence electrons. The maximum atomic E-state index is 11.8. The summed E-state index contributed by atoms with van der Waals surface area (Å²) in [6.45, 7) is 2.17. The van der Waals surface area contributed by atoms with E-state index in [0.717, 1.165) is 24.9 Å². The summed E-state index contributed by atoms with van der Waals surface area (Å²) in [7, 11) is 1.41. The lowest BCUT2D eigenvalue weighted by Gasteiger charge is -2.18. The van der Waals surface area contributed by atoms with Crippen LogP contribution in [0.1, 0.15) is 39.0 Å². The Balaban J connectivity index is 2.59. The summed E-state index contributed by atoms with van der Waals surface area (Å²) in [6, 6.07) is 7.09. The number of halogens is 1. The van der Waals surface area contributed by atoms with E-state index < -0.39 is 0 Å². The second-order valence-corrected chi connectivity index (χ2v) is 4.96. The molecule has 0 saturated carbocycles. The third-order valence-corrected chi connectivity index (χ3v) is 3.37. The Labute approximate surface area is 120 Å². The lowest BCUT2D eigenvalue weighted by Crippen LogP contribution is -2.30. The predicted octanol–water partition coefficient (Wildman–Crippen LogP) is 4.26. The van der Waals surface area contributed by atoms with Crippen molar-refractivity contribution in [1.29, 1.82) is 0 Å². The molecule has 0 bridgehead atoms. The van der Waals surface area contributed by atoms with Crippen molar-refractivity contribution in [2.75, 3.05) is 12.4 Å². The Hall–Kier alpha value is -1.22. The summed E-state index contributed by atoms with van der Waals surface area (Å²) in [4.78, 5) is 11.8. The third kappa shape index (κ3) is 5.52. The zero-order chi connectivity index (χ0) is 14.1. The topological polar surface area (TPSA) is 38.3 Å². The first-order valence-electron chi connectivity index (χ1n) is 6.78. The number of unbranched alkanes of at least 4 members (excludes halogenated alkanes) is 3. The molecular formula is C15H22ClNO2. The molecule has 19 heavy (non-hydrogen) atoms. The van der Waals surface area contributed by atoms with Crippen LogP contribution in [0.2, 0.25) is 5.02 Å². The smallest absolute Gasteiger partial charge is 0.328 e. The molecule has 0 aliphatic rings. The Bertz CT molecular complexity index is 395. The number of para-hydroxylation sites is 1. The van der Waals surface area contributed by atoms with Gasteiger partial charge in [0, 0.05) is 0 Å². The van der Waals surface area contributed by atoms with E-state index in [1.54, 1.807) is 6.07 Å². The molecule has 0 saturated heterocycles. The van der Waals surface area contributed by atoms with Gasteiger partial charge in [0.1, 0.15) is 6.04 Å². The summed E-state index contributed by atoms with van der Waals surface area (Å²) >= 11 is 6.09. The maximum absolute atomic E-state index is 11.8. The van der Waals surface area contributed by atoms with Crippen molar-refractivity contribution in [2.45, 2.75) is 45.1 Å². The Kier molecular flexibility index (Phi) is 7.34. The molecule has 1 aromatic rings. The van der Waals surface area contributed by atoms with E-state index in [1.807, 2.05) is 18.2 Å². The Morgan fingerprint density at radius 1 is 1.32 bits per heavy atom. The first kappa shape index (κ1) is 15.8. The first-order chi connectivity index (χ1) is 9.19. The van der Waals surface area contributed by atoms with E-state index in [4.69, 9.17) is 16.3 Å². The number of anilines is 1. The van der Waals surface area contributed by atoms with E-state index in [-0.39, 0.29) is 12.0 Å². The highest BCUT2D eigenvalue weighted by atomic mass is 35.5. The number of rotatable bonds is 8. The predicted molar refractivity (Wildman–Crippen MR) is 79.6 cm³/mol. The number of hydrogen-bond donors (Lipinski definition) is 1. The molecular weight excluding hydrogens is 262 g/mol. The van der Waals surface area contributed by atoms with E-state index in [9.17, 15) is 4.79 Å². The second kappa shape index (κ2) is 8.81. The normalized spacial score (nSPS) is 11.9. The van der Waals surface area contributed by atoms with Crippen molar-refractivity contribution in [3.8, 4) is 0 Å². The van der Waals surface area contributed by atoms with Crippen LogP contribution in [0.4, 0.5) is 5.69 Å². The van der Waals surface area contributed by atoms with Gasteiger partial charge in [-0.2, -0.15) is 0 Å². The van der Waals surface area contributed by atoms with Crippen LogP contribution in [-0.2, 0) is 9.53 Å². The fraction of sp³-hybridized carbons (Fsp3) is 0.533. The molecule has 0 spiro atoms. The Morgan fingerprint density at radius 2 is 2.05 bits per heavy atom. The molecule has 4 heteroatoms. The number of benzene rings is 1. The lowest BCUT2D eigenvalue weighted by molar-refractivity contribution is -0.141. The van der Waals surface area contributed by atoms with Crippen LogP contribution >= 0.6 is 11.6 Å². The van der Waals surface area contributed by atoms with Crippen LogP contribution in [-0.4, -0.2) is 19.1 Å². The summed E-state index contributed by atoms with van der Waals surface area (Å²) < 4.78 is 4.84. The second-order valence-electron chi connectivity index (χ2n) is 4.55. The minimum atomic E-state index is -0.332. The lowest BCUT2D eigenvalue weighted by atomic mass is 10.1. The molecule has 1 unspecified atom stereocenters. The molecule has 0 fully saturated rings. The molecule has 0 aliphatic heterocycles. The van der Waals surface area contributed by atoms with E-state index >= 15 is 0 Å². The van der Waals surface area contributed by atoms with Gasteiger partial charge < -0.3 is 10.1 Å². The van der Waals surface area contributed by atoms with Crippen molar-refractivity contribution in [2.24, 2.45) is 0 Å². The molecule has 1 rings (SSSR count). The quantitative estimate of drug-likeness (QED) is 0.572. The van der Waals surface area contributed by atoms with Crippen molar-refractivity contribution in [1.82, 2.24) is 0 Å². The standard InChI is InChI=1S/C15H22ClNO2/c1-3-4-5-6-11-14(15(18)19-2)17-13-10-8-7-9-12(13)16/h7-10,14,17H,3-6,11H2,1-2H3. The minimum absolute atomic E-state index is 0.239. The molecule has 3 nitrogen and oxygen atoms in total. The minimum Gasteiger partial charge on any atom is -0.467 e. The fourth-order valence-corrected chi connectivity index (χ4v) is 2.12. The highest BCUT2D eigenvalue weighted by molar-refractivity contribution is 6.33. The van der Waals surface area contributed by atoms with Crippen molar-refractivity contribution >= 4 is 23.3 Å². The fourth-order valence-electron chi connectivity index (χ4n) is 1.93. The number of ether oxygens (including phenoxy) is 1. The zero-order valence-corrected chi connectivity index (χ0v) is 12.4. The van der Waals surface area contributed by atoms with Crippen LogP contribution in [0.5, 0.6) is 0 Å². The summed E-state index contributed by atoms with van der Waals surface area (Å²) in [5.41, 5.74) is 0.773. The highest BCUT2D eigenvalue weighted by Gasteiger charge is 2.19.